The summed E-state index contributed by atoms with van der Waals surface area (Å²) < 4.78 is 34.4. The Morgan fingerprint density at radius 3 is 1.16 bits per heavy atom. The zero-order valence-corrected chi connectivity index (χ0v) is 56.7. The number of allylic oxidation sites excluding steroid dienone is 16. The fraction of sp³-hybridized carbons (Fsp3) is 0.770. The van der Waals surface area contributed by atoms with Crippen molar-refractivity contribution in [3.63, 3.8) is 0 Å². The van der Waals surface area contributed by atoms with E-state index in [1.807, 2.05) is 0 Å². The van der Waals surface area contributed by atoms with Gasteiger partial charge in [-0.1, -0.05) is 246 Å². The van der Waals surface area contributed by atoms with E-state index in [-0.39, 0.29) is 18.9 Å². The molecule has 93 heavy (non-hydrogen) atoms. The molecule has 0 bridgehead atoms. The average Bonchev–Trinajstić information content (AvgIpc) is 1.00. The Labute approximate surface area is 558 Å². The molecule has 0 aromatic rings. The maximum Gasteiger partial charge on any atom is 0.220 e. The number of hydrogen-bond donors (Lipinski definition) is 12. The first-order valence-electron chi connectivity index (χ1n) is 36.0. The predicted molar refractivity (Wildman–Crippen MR) is 364 cm³/mol. The monoisotopic (exact) mass is 1320 g/mol. The smallest absolute Gasteiger partial charge is 0.220 e. The first kappa shape index (κ1) is 83.9. The van der Waals surface area contributed by atoms with E-state index >= 15 is 0 Å². The molecule has 12 N–H and O–H groups in total. The average molecular weight is 1320 g/mol. The molecule has 536 valence electrons. The molecule has 3 heterocycles. The quantitative estimate of drug-likeness (QED) is 0.0199. The molecule has 17 unspecified atom stereocenters. The van der Waals surface area contributed by atoms with Crippen molar-refractivity contribution in [2.24, 2.45) is 0 Å². The molecule has 3 rings (SSSR count). The highest BCUT2D eigenvalue weighted by Gasteiger charge is 2.53. The third-order valence-corrected chi connectivity index (χ3v) is 17.4. The first-order valence-corrected chi connectivity index (χ1v) is 36.0. The Morgan fingerprint density at radius 1 is 0.398 bits per heavy atom. The van der Waals surface area contributed by atoms with Gasteiger partial charge in [-0.05, 0) is 77.0 Å². The van der Waals surface area contributed by atoms with Crippen molar-refractivity contribution in [2.45, 2.75) is 336 Å². The lowest BCUT2D eigenvalue weighted by molar-refractivity contribution is -0.379. The number of rotatable bonds is 54. The number of aliphatic hydroxyl groups is 11. The molecule has 3 aliphatic rings. The summed E-state index contributed by atoms with van der Waals surface area (Å²) in [6.45, 7) is 1.67. The predicted octanol–water partition coefficient (Wildman–Crippen LogP) is 10.0. The maximum absolute atomic E-state index is 13.4. The number of nitrogens with one attached hydrogen (secondary N) is 1. The van der Waals surface area contributed by atoms with Crippen LogP contribution in [0.2, 0.25) is 0 Å². The summed E-state index contributed by atoms with van der Waals surface area (Å²) >= 11 is 0. The number of ether oxygens (including phenoxy) is 6. The molecule has 0 aliphatic carbocycles. The normalized spacial score (nSPS) is 28.1. The number of unbranched alkanes of at least 4 members (excludes halogenated alkanes) is 22. The van der Waals surface area contributed by atoms with Gasteiger partial charge in [-0.2, -0.15) is 0 Å². The molecule has 19 nitrogen and oxygen atoms in total. The van der Waals surface area contributed by atoms with E-state index in [4.69, 9.17) is 28.4 Å². The van der Waals surface area contributed by atoms with E-state index in [0.717, 1.165) is 103 Å². The van der Waals surface area contributed by atoms with Crippen molar-refractivity contribution in [3.05, 3.63) is 97.2 Å². The molecule has 0 spiro atoms. The van der Waals surface area contributed by atoms with Crippen molar-refractivity contribution in [1.29, 1.82) is 0 Å². The Kier molecular flexibility index (Phi) is 49.4. The summed E-state index contributed by atoms with van der Waals surface area (Å²) in [7, 11) is 0. The summed E-state index contributed by atoms with van der Waals surface area (Å²) in [5, 5.41) is 121. The third kappa shape index (κ3) is 36.2. The van der Waals surface area contributed by atoms with Gasteiger partial charge in [0.2, 0.25) is 5.91 Å². The van der Waals surface area contributed by atoms with Crippen LogP contribution < -0.4 is 5.32 Å². The van der Waals surface area contributed by atoms with Gasteiger partial charge in [-0.15, -0.1) is 0 Å². The number of carbonyl (C=O) groups is 1. The van der Waals surface area contributed by atoms with E-state index in [1.165, 1.54) is 96.3 Å². The van der Waals surface area contributed by atoms with E-state index in [2.05, 4.69) is 116 Å². The lowest BCUT2D eigenvalue weighted by Gasteiger charge is -2.48. The molecule has 3 fully saturated rings. The van der Waals surface area contributed by atoms with Crippen molar-refractivity contribution in [1.82, 2.24) is 5.32 Å². The summed E-state index contributed by atoms with van der Waals surface area (Å²) in [5.41, 5.74) is 0. The van der Waals surface area contributed by atoms with Gasteiger partial charge >= 0.3 is 0 Å². The second-order valence-corrected chi connectivity index (χ2v) is 25.3. The second kappa shape index (κ2) is 54.7. The number of hydrogen-bond acceptors (Lipinski definition) is 18. The van der Waals surface area contributed by atoms with E-state index in [1.54, 1.807) is 0 Å². The van der Waals surface area contributed by atoms with Gasteiger partial charge in [0.1, 0.15) is 73.2 Å². The van der Waals surface area contributed by atoms with Gasteiger partial charge < -0.3 is 89.9 Å². The van der Waals surface area contributed by atoms with Crippen LogP contribution in [0, 0.1) is 0 Å². The molecular weight excluding hydrogens is 1190 g/mol. The Bertz CT molecular complexity index is 2060. The highest BCUT2D eigenvalue weighted by molar-refractivity contribution is 5.76. The highest BCUT2D eigenvalue weighted by Crippen LogP contribution is 2.33. The SMILES string of the molecule is CC/C=C\C/C=C\C/C=C\C/C=C\C/C=C\C/C=C\C/C=C\C/C=C\CCCCCCC(=O)NC(COC1OC(CO)C(OC2OC(CO)C(OC3OC(CO)C(O)C(O)C3O)C(O)C2O)C(O)C1O)C(O)CCCCCCCCCCCCCCCCCCCCC. The minimum absolute atomic E-state index is 0.230. The molecule has 17 atom stereocenters. The third-order valence-electron chi connectivity index (χ3n) is 17.4. The van der Waals surface area contributed by atoms with Crippen molar-refractivity contribution >= 4 is 5.91 Å². The van der Waals surface area contributed by atoms with E-state index < -0.39 is 124 Å². The molecule has 3 saturated heterocycles. The van der Waals surface area contributed by atoms with Crippen LogP contribution in [-0.2, 0) is 33.2 Å². The lowest BCUT2D eigenvalue weighted by Crippen LogP contribution is -2.66. The van der Waals surface area contributed by atoms with Gasteiger partial charge in [-0.25, -0.2) is 0 Å². The van der Waals surface area contributed by atoms with Crippen LogP contribution in [0.4, 0.5) is 0 Å². The number of carbonyl (C=O) groups excluding carboxylic acids is 1. The van der Waals surface area contributed by atoms with E-state index in [9.17, 15) is 61.0 Å². The highest BCUT2D eigenvalue weighted by atomic mass is 16.8. The van der Waals surface area contributed by atoms with Gasteiger partial charge in [0.05, 0.1) is 38.6 Å². The summed E-state index contributed by atoms with van der Waals surface area (Å²) in [6.07, 6.45) is 44.7. The van der Waals surface area contributed by atoms with Gasteiger partial charge in [0, 0.05) is 6.42 Å². The largest absolute Gasteiger partial charge is 0.394 e. The molecular formula is C74H127NO18. The Balaban J connectivity index is 1.43. The van der Waals surface area contributed by atoms with Crippen LogP contribution in [0.3, 0.4) is 0 Å². The van der Waals surface area contributed by atoms with Gasteiger partial charge in [-0.3, -0.25) is 4.79 Å². The van der Waals surface area contributed by atoms with Gasteiger partial charge in [0.25, 0.3) is 0 Å². The number of amides is 1. The minimum Gasteiger partial charge on any atom is -0.394 e. The maximum atomic E-state index is 13.4. The molecule has 1 amide bonds. The van der Waals surface area contributed by atoms with Crippen LogP contribution >= 0.6 is 0 Å². The van der Waals surface area contributed by atoms with Crippen molar-refractivity contribution in [3.8, 4) is 0 Å². The second-order valence-electron chi connectivity index (χ2n) is 25.3. The fourth-order valence-electron chi connectivity index (χ4n) is 11.6. The molecule has 19 heteroatoms. The van der Waals surface area contributed by atoms with Crippen molar-refractivity contribution in [2.75, 3.05) is 26.4 Å². The summed E-state index contributed by atoms with van der Waals surface area (Å²) in [4.78, 5) is 13.4. The fourth-order valence-corrected chi connectivity index (χ4v) is 11.6. The van der Waals surface area contributed by atoms with Crippen LogP contribution in [0.1, 0.15) is 232 Å². The molecule has 0 aromatic heterocycles. The van der Waals surface area contributed by atoms with Crippen LogP contribution in [0.15, 0.2) is 97.2 Å². The standard InChI is InChI=1S/C74H127NO18/c1-3-5-7-9-11-13-15-17-19-21-23-24-25-26-27-28-29-30-31-32-34-36-38-40-42-44-46-48-50-52-62(80)75-57(58(79)51-49-47-45-43-41-39-37-35-33-22-20-18-16-14-12-10-8-6-4-2)56-88-72-68(86)65(83)70(60(54-77)90-72)93-74-69(87)66(84)71(61(55-78)91-74)92-73-67(85)64(82)63(81)59(53-76)89-73/h5,7,11,13,17,19,23-24,26-27,29-30,32,34,38,40,57-61,63-74,76-79,81-87H,3-4,6,8-10,12,14-16,18,20-22,25,28,31,33,35-37,39,41-56H2,1-2H3,(H,75,80)/b7-5-,13-11-,19-17-,24-23-,27-26-,30-29-,34-32-,40-38-. The van der Waals surface area contributed by atoms with Crippen LogP contribution in [-0.4, -0.2) is 193 Å². The van der Waals surface area contributed by atoms with Gasteiger partial charge in [0.15, 0.2) is 18.9 Å². The lowest BCUT2D eigenvalue weighted by atomic mass is 9.96. The van der Waals surface area contributed by atoms with E-state index in [0.29, 0.717) is 12.8 Å². The zero-order chi connectivity index (χ0) is 67.5. The topological polar surface area (TPSA) is 307 Å². The van der Waals surface area contributed by atoms with Crippen LogP contribution in [0.25, 0.3) is 0 Å². The first-order chi connectivity index (χ1) is 45.3. The van der Waals surface area contributed by atoms with Crippen molar-refractivity contribution < 1.29 is 89.4 Å². The summed E-state index contributed by atoms with van der Waals surface area (Å²) in [6, 6.07) is -0.909. The molecule has 3 aliphatic heterocycles. The Morgan fingerprint density at radius 2 is 0.742 bits per heavy atom. The minimum atomic E-state index is -1.98. The molecule has 0 radical (unpaired) electrons. The zero-order valence-electron chi connectivity index (χ0n) is 56.7. The summed E-state index contributed by atoms with van der Waals surface area (Å²) in [5.74, 6) is -0.270. The molecule has 0 aromatic carbocycles. The molecule has 0 saturated carbocycles. The van der Waals surface area contributed by atoms with Crippen LogP contribution in [0.5, 0.6) is 0 Å². The number of aliphatic hydroxyl groups excluding tert-OH is 11. The Hall–Kier alpha value is -3.29.